The zero-order valence-corrected chi connectivity index (χ0v) is 24.1. The first-order valence-corrected chi connectivity index (χ1v) is 14.6. The Hall–Kier alpha value is -4.00. The van der Waals surface area contributed by atoms with Crippen molar-refractivity contribution in [2.75, 3.05) is 23.3 Å². The van der Waals surface area contributed by atoms with E-state index in [2.05, 4.69) is 27.1 Å². The Morgan fingerprint density at radius 2 is 1.77 bits per heavy atom. The Balaban J connectivity index is 1.69. The molecule has 232 valence electrons. The molecule has 1 aliphatic carbocycles. The Bertz CT molecular complexity index is 1580. The van der Waals surface area contributed by atoms with Crippen LogP contribution in [0.15, 0.2) is 29.4 Å². The largest absolute Gasteiger partial charge is 0.443 e. The lowest BCUT2D eigenvalue weighted by molar-refractivity contribution is -0.141. The third-order valence-electron chi connectivity index (χ3n) is 6.18. The molecule has 4 rings (SSSR count). The molecular weight excluding hydrogens is 601 g/mol. The van der Waals surface area contributed by atoms with Gasteiger partial charge in [0.05, 0.1) is 11.1 Å². The topological polar surface area (TPSA) is 131 Å². The number of pyridine rings is 2. The van der Waals surface area contributed by atoms with Crippen LogP contribution in [0.2, 0.25) is 0 Å². The smallest absolute Gasteiger partial charge is 0.434 e. The number of amides is 2. The fraction of sp³-hybridized carbons (Fsp3) is 0.481. The molecule has 0 unspecified atom stereocenters. The molecule has 43 heavy (non-hydrogen) atoms. The predicted octanol–water partition coefficient (Wildman–Crippen LogP) is 4.96. The van der Waals surface area contributed by atoms with Gasteiger partial charge in [0.25, 0.3) is 21.9 Å². The summed E-state index contributed by atoms with van der Waals surface area (Å²) in [6, 6.07) is 3.03. The van der Waals surface area contributed by atoms with Crippen molar-refractivity contribution in [1.29, 1.82) is 0 Å². The molecule has 2 aliphatic rings. The molecule has 0 spiro atoms. The van der Waals surface area contributed by atoms with Crippen LogP contribution in [0.3, 0.4) is 0 Å². The highest BCUT2D eigenvalue weighted by Crippen LogP contribution is 2.37. The third-order valence-corrected chi connectivity index (χ3v) is 7.39. The minimum atomic E-state index is -4.95. The van der Waals surface area contributed by atoms with Crippen molar-refractivity contribution in [2.45, 2.75) is 69.2 Å². The Morgan fingerprint density at radius 3 is 2.35 bits per heavy atom. The van der Waals surface area contributed by atoms with Crippen molar-refractivity contribution in [3.63, 3.8) is 0 Å². The van der Waals surface area contributed by atoms with Gasteiger partial charge in [-0.2, -0.15) is 21.6 Å². The van der Waals surface area contributed by atoms with Crippen LogP contribution in [0.4, 0.5) is 38.3 Å². The van der Waals surface area contributed by atoms with Crippen LogP contribution in [0, 0.1) is 17.8 Å². The van der Waals surface area contributed by atoms with E-state index in [1.54, 1.807) is 4.72 Å². The number of ether oxygens (including phenoxy) is 1. The van der Waals surface area contributed by atoms with Gasteiger partial charge in [-0.15, -0.1) is 0 Å². The van der Waals surface area contributed by atoms with E-state index in [1.807, 2.05) is 0 Å². The highest BCUT2D eigenvalue weighted by atomic mass is 32.2. The quantitative estimate of drug-likeness (QED) is 0.351. The minimum Gasteiger partial charge on any atom is -0.443 e. The van der Waals surface area contributed by atoms with Gasteiger partial charge in [-0.25, -0.2) is 28.3 Å². The molecule has 10 nitrogen and oxygen atoms in total. The normalized spacial score (nSPS) is 17.0. The fourth-order valence-electron chi connectivity index (χ4n) is 3.97. The first kappa shape index (κ1) is 31.9. The van der Waals surface area contributed by atoms with Crippen LogP contribution in [0.1, 0.15) is 68.1 Å². The first-order chi connectivity index (χ1) is 19.8. The molecule has 1 saturated carbocycles. The van der Waals surface area contributed by atoms with Gasteiger partial charge in [0.2, 0.25) is 0 Å². The zero-order valence-electron chi connectivity index (χ0n) is 23.3. The molecule has 2 aromatic heterocycles. The number of nitrogens with one attached hydrogen (secondary N) is 2. The van der Waals surface area contributed by atoms with Crippen LogP contribution in [0.25, 0.3) is 0 Å². The Labute approximate surface area is 244 Å². The average Bonchev–Trinajstić information content (AvgIpc) is 3.70. The number of nitrogens with zero attached hydrogens (tertiary/aromatic N) is 3. The SMILES string of the molecule is CC(C)(C)OC(=O)NS(=O)(=O)c1cc(NC(=O)c2cc(C#CC3CC3)c(C(F)(F)F)nc2N2CCC(F)(F)CC2)ccn1. The number of anilines is 2. The minimum absolute atomic E-state index is 0.0751. The van der Waals surface area contributed by atoms with E-state index in [9.17, 15) is 40.0 Å². The number of aromatic nitrogens is 2. The molecular formula is C27H28F5N5O5S. The maximum atomic E-state index is 14.0. The van der Waals surface area contributed by atoms with Gasteiger partial charge >= 0.3 is 12.3 Å². The van der Waals surface area contributed by atoms with E-state index in [0.29, 0.717) is 0 Å². The van der Waals surface area contributed by atoms with Gasteiger partial charge in [0.15, 0.2) is 10.7 Å². The highest BCUT2D eigenvalue weighted by Gasteiger charge is 2.40. The standard InChI is InChI=1S/C27H28F5N5O5S/c1-25(2,3)42-24(39)36-43(40,41)20-15-18(8-11-33-20)34-23(38)19-14-17(7-6-16-4-5-16)21(27(30,31)32)35-22(19)37-12-9-26(28,29)10-13-37/h8,11,14-16H,4-5,9-10,12-13H2,1-3H3,(H,36,39)(H,33,34,38). The predicted molar refractivity (Wildman–Crippen MR) is 144 cm³/mol. The molecule has 3 heterocycles. The molecule has 1 saturated heterocycles. The Kier molecular flexibility index (Phi) is 8.60. The fourth-order valence-corrected chi connectivity index (χ4v) is 4.82. The summed E-state index contributed by atoms with van der Waals surface area (Å²) in [5, 5.41) is 1.72. The summed E-state index contributed by atoms with van der Waals surface area (Å²) < 4.78 is 102. The monoisotopic (exact) mass is 629 g/mol. The van der Waals surface area contributed by atoms with Crippen LogP contribution in [-0.4, -0.2) is 55.0 Å². The van der Waals surface area contributed by atoms with Crippen molar-refractivity contribution in [1.82, 2.24) is 14.7 Å². The summed E-state index contributed by atoms with van der Waals surface area (Å²) in [6.07, 6.45) is -5.06. The number of alkyl halides is 5. The summed E-state index contributed by atoms with van der Waals surface area (Å²) in [5.41, 5.74) is -3.44. The molecule has 2 fully saturated rings. The molecule has 16 heteroatoms. The van der Waals surface area contributed by atoms with E-state index in [-0.39, 0.29) is 30.3 Å². The van der Waals surface area contributed by atoms with Gasteiger partial charge in [-0.1, -0.05) is 11.8 Å². The number of sulfonamides is 1. The van der Waals surface area contributed by atoms with Crippen LogP contribution in [0.5, 0.6) is 0 Å². The van der Waals surface area contributed by atoms with E-state index >= 15 is 0 Å². The molecule has 0 bridgehead atoms. The number of hydrogen-bond acceptors (Lipinski definition) is 8. The highest BCUT2D eigenvalue weighted by molar-refractivity contribution is 7.90. The molecule has 2 amide bonds. The number of carbonyl (C=O) groups excluding carboxylic acids is 2. The van der Waals surface area contributed by atoms with E-state index < -0.39 is 74.7 Å². The van der Waals surface area contributed by atoms with Crippen molar-refractivity contribution in [3.05, 3.63) is 41.2 Å². The molecule has 1 aliphatic heterocycles. The van der Waals surface area contributed by atoms with Crippen LogP contribution < -0.4 is 14.9 Å². The lowest BCUT2D eigenvalue weighted by atomic mass is 10.0. The summed E-state index contributed by atoms with van der Waals surface area (Å²) >= 11 is 0. The number of carbonyl (C=O) groups is 2. The maximum absolute atomic E-state index is 14.0. The van der Waals surface area contributed by atoms with E-state index in [4.69, 9.17) is 4.74 Å². The second kappa shape index (κ2) is 11.6. The second-order valence-electron chi connectivity index (χ2n) is 11.1. The molecule has 0 aromatic carbocycles. The molecule has 2 aromatic rings. The van der Waals surface area contributed by atoms with Crippen molar-refractivity contribution < 1.29 is 44.7 Å². The van der Waals surface area contributed by atoms with Crippen molar-refractivity contribution in [2.24, 2.45) is 5.92 Å². The van der Waals surface area contributed by atoms with Gasteiger partial charge in [-0.05, 0) is 45.7 Å². The van der Waals surface area contributed by atoms with E-state index in [0.717, 1.165) is 31.2 Å². The summed E-state index contributed by atoms with van der Waals surface area (Å²) in [7, 11) is -4.55. The lowest BCUT2D eigenvalue weighted by Gasteiger charge is -2.34. The summed E-state index contributed by atoms with van der Waals surface area (Å²) in [6.45, 7) is 3.85. The van der Waals surface area contributed by atoms with Crippen molar-refractivity contribution in [3.8, 4) is 11.8 Å². The first-order valence-electron chi connectivity index (χ1n) is 13.1. The van der Waals surface area contributed by atoms with E-state index in [1.165, 1.54) is 31.7 Å². The van der Waals surface area contributed by atoms with Crippen LogP contribution >= 0.6 is 0 Å². The number of piperidine rings is 1. The maximum Gasteiger partial charge on any atom is 0.434 e. The second-order valence-corrected chi connectivity index (χ2v) is 12.7. The van der Waals surface area contributed by atoms with Crippen molar-refractivity contribution >= 4 is 33.5 Å². The third kappa shape index (κ3) is 8.53. The van der Waals surface area contributed by atoms with Gasteiger partial charge in [0.1, 0.15) is 11.4 Å². The Morgan fingerprint density at radius 1 is 1.12 bits per heavy atom. The average molecular weight is 630 g/mol. The lowest BCUT2D eigenvalue weighted by Crippen LogP contribution is -2.41. The summed E-state index contributed by atoms with van der Waals surface area (Å²) in [5.74, 6) is 0.601. The van der Waals surface area contributed by atoms with Gasteiger partial charge in [-0.3, -0.25) is 4.79 Å². The van der Waals surface area contributed by atoms with Gasteiger partial charge in [0, 0.05) is 49.8 Å². The number of hydrogen-bond donors (Lipinski definition) is 2. The zero-order chi connectivity index (χ0) is 31.8. The summed E-state index contributed by atoms with van der Waals surface area (Å²) in [4.78, 5) is 34.0. The van der Waals surface area contributed by atoms with Gasteiger partial charge < -0.3 is 15.0 Å². The number of rotatable bonds is 5. The molecule has 0 radical (unpaired) electrons. The van der Waals surface area contributed by atoms with Crippen LogP contribution in [-0.2, 0) is 20.9 Å². The molecule has 2 N–H and O–H groups in total. The number of halogens is 5. The molecule has 0 atom stereocenters.